The Labute approximate surface area is 267 Å². The third-order valence-corrected chi connectivity index (χ3v) is 7.44. The van der Waals surface area contributed by atoms with Crippen molar-refractivity contribution in [2.75, 3.05) is 19.8 Å². The summed E-state index contributed by atoms with van der Waals surface area (Å²) in [5.41, 5.74) is 0. The zero-order valence-corrected chi connectivity index (χ0v) is 25.3. The molecule has 21 heteroatoms. The van der Waals surface area contributed by atoms with Gasteiger partial charge in [-0.05, 0) is 13.0 Å². The van der Waals surface area contributed by atoms with Crippen molar-refractivity contribution >= 4 is 12.2 Å². The fraction of sp³-hybridized carbons (Fsp3) is 0.846. The van der Waals surface area contributed by atoms with Crippen LogP contribution in [-0.4, -0.2) is 203 Å². The molecule has 14 N–H and O–H groups in total. The lowest BCUT2D eigenvalue weighted by molar-refractivity contribution is -0.370. The summed E-state index contributed by atoms with van der Waals surface area (Å²) in [5.74, 6) is -1.30. The summed E-state index contributed by atoms with van der Waals surface area (Å²) in [6.45, 7) is 0.429. The van der Waals surface area contributed by atoms with Gasteiger partial charge in [0.2, 0.25) is 5.91 Å². The number of hydrogen-bond acceptors (Lipinski definition) is 20. The van der Waals surface area contributed by atoms with Gasteiger partial charge in [-0.15, -0.1) is 0 Å². The monoisotopic (exact) mass is 691 g/mol. The molecule has 47 heavy (non-hydrogen) atoms. The van der Waals surface area contributed by atoms with Crippen LogP contribution in [0.3, 0.4) is 0 Å². The molecule has 17 atom stereocenters. The van der Waals surface area contributed by atoms with Gasteiger partial charge in [0.05, 0.1) is 32.0 Å². The maximum atomic E-state index is 11.8. The smallest absolute Gasteiger partial charge is 0.217 e. The molecule has 2 unspecified atom stereocenters. The number of ether oxygens (including phenoxy) is 5. The first-order valence-electron chi connectivity index (χ1n) is 14.4. The second-order valence-corrected chi connectivity index (χ2v) is 11.0. The Morgan fingerprint density at radius 2 is 1.32 bits per heavy atom. The van der Waals surface area contributed by atoms with Crippen molar-refractivity contribution in [2.45, 2.75) is 118 Å². The van der Waals surface area contributed by atoms with E-state index in [4.69, 9.17) is 44.1 Å². The third kappa shape index (κ3) is 10.5. The van der Waals surface area contributed by atoms with Crippen LogP contribution < -0.4 is 5.32 Å². The number of hydrogen-bond donors (Lipinski definition) is 14. The van der Waals surface area contributed by atoms with Crippen LogP contribution in [0.2, 0.25) is 0 Å². The van der Waals surface area contributed by atoms with Crippen molar-refractivity contribution in [3.05, 3.63) is 11.8 Å². The Morgan fingerprint density at radius 1 is 0.787 bits per heavy atom. The van der Waals surface area contributed by atoms with E-state index in [1.165, 1.54) is 6.92 Å². The maximum absolute atomic E-state index is 11.8. The molecule has 0 spiro atoms. The minimum Gasteiger partial charge on any atom is -0.509 e. The lowest BCUT2D eigenvalue weighted by Crippen LogP contribution is -2.69. The van der Waals surface area contributed by atoms with Gasteiger partial charge < -0.3 is 95.4 Å². The minimum atomic E-state index is -1.85. The summed E-state index contributed by atoms with van der Waals surface area (Å²) < 4.78 is 27.7. The van der Waals surface area contributed by atoms with E-state index in [1.807, 2.05) is 0 Å². The molecule has 1 amide bonds. The van der Waals surface area contributed by atoms with Crippen LogP contribution in [0.5, 0.6) is 0 Å². The molecule has 3 aliphatic heterocycles. The van der Waals surface area contributed by atoms with Gasteiger partial charge in [0, 0.05) is 6.92 Å². The number of aliphatic hydroxyl groups is 13. The summed E-state index contributed by atoms with van der Waals surface area (Å²) in [4.78, 5) is 21.7. The molecule has 3 heterocycles. The van der Waals surface area contributed by atoms with Gasteiger partial charge >= 0.3 is 0 Å². The van der Waals surface area contributed by atoms with Crippen LogP contribution in [0.1, 0.15) is 13.8 Å². The van der Waals surface area contributed by atoms with Crippen LogP contribution >= 0.6 is 0 Å². The maximum Gasteiger partial charge on any atom is 0.217 e. The Bertz CT molecular complexity index is 1000. The van der Waals surface area contributed by atoms with Gasteiger partial charge in [-0.1, -0.05) is 0 Å². The summed E-state index contributed by atoms with van der Waals surface area (Å²) in [7, 11) is 0. The molecule has 3 saturated heterocycles. The van der Waals surface area contributed by atoms with Crippen molar-refractivity contribution in [2.24, 2.45) is 0 Å². The van der Waals surface area contributed by atoms with Gasteiger partial charge in [0.15, 0.2) is 31.3 Å². The summed E-state index contributed by atoms with van der Waals surface area (Å²) in [6, 6.07) is -1.41. The number of carbonyl (C=O) groups is 2. The first-order chi connectivity index (χ1) is 22.0. The van der Waals surface area contributed by atoms with Crippen LogP contribution in [-0.2, 0) is 33.3 Å². The first kappa shape index (κ1) is 41.2. The summed E-state index contributed by atoms with van der Waals surface area (Å²) >= 11 is 0. The van der Waals surface area contributed by atoms with Crippen molar-refractivity contribution in [3.8, 4) is 0 Å². The van der Waals surface area contributed by atoms with E-state index in [0.717, 1.165) is 13.0 Å². The SMILES string of the molecule is CC(=O)N[C@@H]1[C@@H](O[C@@H]2O[C@@H](C)[C@@H](O)[C@@H](O)[C@@H]2O)[C@H](O[C@@H]2O[C@H](CO)[C@H](O)[C@H](O)[C@H]2O)[C@@H](CO)O[C@H]1O.O=CC(O)C(O)=CC(O)CO. The van der Waals surface area contributed by atoms with E-state index in [-0.39, 0.29) is 6.29 Å². The van der Waals surface area contributed by atoms with Gasteiger partial charge in [0.1, 0.15) is 72.8 Å². The molecule has 0 aliphatic carbocycles. The second kappa shape index (κ2) is 18.7. The number of carbonyl (C=O) groups excluding carboxylic acids is 2. The molecule has 3 fully saturated rings. The number of rotatable bonds is 11. The van der Waals surface area contributed by atoms with E-state index < -0.39 is 136 Å². The van der Waals surface area contributed by atoms with Crippen molar-refractivity contribution in [3.63, 3.8) is 0 Å². The molecular weight excluding hydrogens is 646 g/mol. The Morgan fingerprint density at radius 3 is 1.83 bits per heavy atom. The van der Waals surface area contributed by atoms with Gasteiger partial charge in [-0.25, -0.2) is 0 Å². The molecule has 3 rings (SSSR count). The first-order valence-corrected chi connectivity index (χ1v) is 14.4. The molecule has 0 aromatic carbocycles. The largest absolute Gasteiger partial charge is 0.509 e. The third-order valence-electron chi connectivity index (χ3n) is 7.44. The molecule has 0 saturated carbocycles. The minimum absolute atomic E-state index is 0.107. The van der Waals surface area contributed by atoms with Crippen LogP contribution in [0.15, 0.2) is 11.8 Å². The average molecular weight is 692 g/mol. The van der Waals surface area contributed by atoms with Crippen molar-refractivity contribution < 1.29 is 99.7 Å². The average Bonchev–Trinajstić information content (AvgIpc) is 3.04. The van der Waals surface area contributed by atoms with Crippen molar-refractivity contribution in [1.29, 1.82) is 0 Å². The predicted octanol–water partition coefficient (Wildman–Crippen LogP) is -8.06. The van der Waals surface area contributed by atoms with Gasteiger partial charge in [0.25, 0.3) is 0 Å². The fourth-order valence-corrected chi connectivity index (χ4v) is 4.82. The molecule has 0 aromatic heterocycles. The number of aldehydes is 1. The summed E-state index contributed by atoms with van der Waals surface area (Å²) in [5, 5.41) is 127. The molecule has 0 aromatic rings. The highest BCUT2D eigenvalue weighted by Gasteiger charge is 2.54. The van der Waals surface area contributed by atoms with E-state index in [9.17, 15) is 55.5 Å². The highest BCUT2D eigenvalue weighted by atomic mass is 16.7. The number of amides is 1. The quantitative estimate of drug-likeness (QED) is 0.0706. The summed E-state index contributed by atoms with van der Waals surface area (Å²) in [6.07, 6.45) is -24.0. The van der Waals surface area contributed by atoms with E-state index >= 15 is 0 Å². The highest BCUT2D eigenvalue weighted by molar-refractivity contribution is 5.73. The van der Waals surface area contributed by atoms with E-state index in [1.54, 1.807) is 0 Å². The van der Waals surface area contributed by atoms with Crippen LogP contribution in [0.25, 0.3) is 0 Å². The molecular formula is C26H45NO20. The Hall–Kier alpha value is -2.00. The zero-order valence-electron chi connectivity index (χ0n) is 25.3. The Balaban J connectivity index is 0.000000597. The van der Waals surface area contributed by atoms with Crippen LogP contribution in [0.4, 0.5) is 0 Å². The van der Waals surface area contributed by atoms with Crippen molar-refractivity contribution in [1.82, 2.24) is 5.32 Å². The molecule has 274 valence electrons. The topological polar surface area (TPSA) is 355 Å². The normalized spacial score (nSPS) is 42.4. The molecule has 0 radical (unpaired) electrons. The van der Waals surface area contributed by atoms with E-state index in [2.05, 4.69) is 5.32 Å². The Kier molecular flexibility index (Phi) is 16.4. The van der Waals surface area contributed by atoms with E-state index in [0.29, 0.717) is 0 Å². The number of aliphatic hydroxyl groups excluding tert-OH is 13. The second-order valence-electron chi connectivity index (χ2n) is 11.0. The van der Waals surface area contributed by atoms with Crippen LogP contribution in [0, 0.1) is 0 Å². The number of nitrogens with one attached hydrogen (secondary N) is 1. The van der Waals surface area contributed by atoms with Gasteiger partial charge in [-0.3, -0.25) is 9.59 Å². The van der Waals surface area contributed by atoms with Gasteiger partial charge in [-0.2, -0.15) is 0 Å². The standard InChI is InChI=1S/C20H35NO15.C6H10O5/c1-5-10(25)12(27)14(29)19(32-5)36-17-9(21-6(2)24)18(31)33-8(4-23)16(17)35-20-15(30)13(28)11(26)7(3-22)34-20;7-2-4(9)1-5(10)6(11)3-8/h5,7-20,22-23,25-31H,3-4H2,1-2H3,(H,21,24);1,3-4,6-7,9-11H,2H2/t5-,7+,8+,9+,10+,11-,12+,13-,14-,15+,16+,17+,18+,19-,20-;/m0./s1. The fourth-order valence-electron chi connectivity index (χ4n) is 4.82. The lowest BCUT2D eigenvalue weighted by atomic mass is 9.94. The molecule has 3 aliphatic rings. The molecule has 0 bridgehead atoms. The predicted molar refractivity (Wildman–Crippen MR) is 147 cm³/mol. The zero-order chi connectivity index (χ0) is 35.7. The molecule has 21 nitrogen and oxygen atoms in total. The lowest BCUT2D eigenvalue weighted by Gasteiger charge is -2.49. The highest BCUT2D eigenvalue weighted by Crippen LogP contribution is 2.32.